The van der Waals surface area contributed by atoms with Gasteiger partial charge >= 0.3 is 0 Å². The molecule has 1 amide bonds. The minimum atomic E-state index is -0.174. The average Bonchev–Trinajstić information content (AvgIpc) is 3.44. The molecule has 0 spiro atoms. The van der Waals surface area contributed by atoms with Gasteiger partial charge in [-0.05, 0) is 36.1 Å². The van der Waals surface area contributed by atoms with Crippen LogP contribution in [0.2, 0.25) is 10.0 Å². The van der Waals surface area contributed by atoms with Crippen molar-refractivity contribution in [1.29, 1.82) is 0 Å². The Morgan fingerprint density at radius 1 is 1.20 bits per heavy atom. The molecule has 4 rings (SSSR count). The lowest BCUT2D eigenvalue weighted by Crippen LogP contribution is -2.15. The van der Waals surface area contributed by atoms with E-state index >= 15 is 0 Å². The van der Waals surface area contributed by atoms with Gasteiger partial charge in [-0.15, -0.1) is 16.8 Å². The molecule has 5 nitrogen and oxygen atoms in total. The fourth-order valence-corrected chi connectivity index (χ4v) is 4.65. The van der Waals surface area contributed by atoms with Crippen LogP contribution in [0.5, 0.6) is 0 Å². The summed E-state index contributed by atoms with van der Waals surface area (Å²) in [4.78, 5) is 12.4. The molecule has 0 aliphatic heterocycles. The van der Waals surface area contributed by atoms with Gasteiger partial charge in [-0.25, -0.2) is 0 Å². The van der Waals surface area contributed by atoms with Gasteiger partial charge in [-0.1, -0.05) is 71.4 Å². The Labute approximate surface area is 189 Å². The Balaban J connectivity index is 1.42. The maximum atomic E-state index is 12.4. The smallest absolute Gasteiger partial charge is 0.234 e. The fourth-order valence-electron chi connectivity index (χ4n) is 3.44. The second kappa shape index (κ2) is 9.25. The Hall–Kier alpha value is -2.28. The third kappa shape index (κ3) is 4.72. The van der Waals surface area contributed by atoms with Gasteiger partial charge in [0.15, 0.2) is 5.16 Å². The fraction of sp³-hybridized carbons (Fsp3) is 0.227. The molecule has 0 bridgehead atoms. The zero-order valence-electron chi connectivity index (χ0n) is 16.1. The van der Waals surface area contributed by atoms with E-state index in [2.05, 4.69) is 46.4 Å². The van der Waals surface area contributed by atoms with E-state index in [1.165, 1.54) is 17.3 Å². The molecule has 8 heteroatoms. The lowest BCUT2D eigenvalue weighted by Gasteiger charge is -2.09. The third-order valence-corrected chi connectivity index (χ3v) is 6.46. The molecule has 0 radical (unpaired) electrons. The summed E-state index contributed by atoms with van der Waals surface area (Å²) < 4.78 is 2.05. The molecule has 1 aliphatic rings. The van der Waals surface area contributed by atoms with Crippen molar-refractivity contribution in [2.24, 2.45) is 0 Å². The molecule has 0 saturated heterocycles. The van der Waals surface area contributed by atoms with Gasteiger partial charge in [-0.2, -0.15) is 0 Å². The Kier molecular flexibility index (Phi) is 6.46. The van der Waals surface area contributed by atoms with Crippen molar-refractivity contribution < 1.29 is 4.79 Å². The first-order valence-electron chi connectivity index (χ1n) is 9.53. The van der Waals surface area contributed by atoms with Crippen molar-refractivity contribution in [2.75, 3.05) is 11.1 Å². The summed E-state index contributed by atoms with van der Waals surface area (Å²) in [5, 5.41) is 13.2. The van der Waals surface area contributed by atoms with Crippen LogP contribution in [0.3, 0.4) is 0 Å². The summed E-state index contributed by atoms with van der Waals surface area (Å²) in [7, 11) is 0. The lowest BCUT2D eigenvalue weighted by atomic mass is 10.1. The predicted octanol–water partition coefficient (Wildman–Crippen LogP) is 5.77. The molecule has 1 N–H and O–H groups in total. The summed E-state index contributed by atoms with van der Waals surface area (Å²) in [5.74, 6) is 1.78. The van der Waals surface area contributed by atoms with Crippen LogP contribution < -0.4 is 5.32 Å². The largest absolute Gasteiger partial charge is 0.324 e. The van der Waals surface area contributed by atoms with E-state index in [1.54, 1.807) is 18.2 Å². The molecule has 1 saturated carbocycles. The predicted molar refractivity (Wildman–Crippen MR) is 123 cm³/mol. The number of anilines is 1. The molecular weight excluding hydrogens is 439 g/mol. The number of hydrogen-bond acceptors (Lipinski definition) is 4. The van der Waals surface area contributed by atoms with Crippen LogP contribution in [-0.4, -0.2) is 26.4 Å². The van der Waals surface area contributed by atoms with E-state index < -0.39 is 0 Å². The van der Waals surface area contributed by atoms with Gasteiger partial charge < -0.3 is 9.88 Å². The highest BCUT2D eigenvalue weighted by Gasteiger charge is 2.43. The van der Waals surface area contributed by atoms with Crippen LogP contribution in [0, 0.1) is 0 Å². The Morgan fingerprint density at radius 3 is 2.73 bits per heavy atom. The first-order valence-corrected chi connectivity index (χ1v) is 11.3. The molecule has 3 aromatic rings. The number of carbonyl (C=O) groups is 1. The average molecular weight is 459 g/mol. The van der Waals surface area contributed by atoms with E-state index in [0.29, 0.717) is 39.3 Å². The summed E-state index contributed by atoms with van der Waals surface area (Å²) in [6.07, 6.45) is 2.88. The quantitative estimate of drug-likeness (QED) is 0.343. The third-order valence-electron chi connectivity index (χ3n) is 4.94. The first kappa shape index (κ1) is 21.0. The number of nitrogens with zero attached hydrogens (tertiary/aromatic N) is 3. The number of nitrogens with one attached hydrogen (secondary N) is 1. The molecule has 30 heavy (non-hydrogen) atoms. The monoisotopic (exact) mass is 458 g/mol. The van der Waals surface area contributed by atoms with Gasteiger partial charge in [0.2, 0.25) is 5.91 Å². The number of hydrogen-bond donors (Lipinski definition) is 1. The molecular formula is C22H20Cl2N4OS. The van der Waals surface area contributed by atoms with Gasteiger partial charge in [0.1, 0.15) is 5.82 Å². The van der Waals surface area contributed by atoms with Gasteiger partial charge in [-0.3, -0.25) is 4.79 Å². The van der Waals surface area contributed by atoms with Crippen LogP contribution in [-0.2, 0) is 11.3 Å². The molecule has 2 unspecified atom stereocenters. The molecule has 2 atom stereocenters. The summed E-state index contributed by atoms with van der Waals surface area (Å²) in [6, 6.07) is 15.4. The van der Waals surface area contributed by atoms with Gasteiger partial charge in [0.25, 0.3) is 0 Å². The summed E-state index contributed by atoms with van der Waals surface area (Å²) in [5.41, 5.74) is 1.85. The van der Waals surface area contributed by atoms with Crippen molar-refractivity contribution in [3.05, 3.63) is 82.6 Å². The second-order valence-electron chi connectivity index (χ2n) is 7.06. The van der Waals surface area contributed by atoms with Crippen molar-refractivity contribution in [3.63, 3.8) is 0 Å². The first-order chi connectivity index (χ1) is 14.6. The zero-order chi connectivity index (χ0) is 21.1. The van der Waals surface area contributed by atoms with E-state index in [4.69, 9.17) is 23.2 Å². The van der Waals surface area contributed by atoms with E-state index in [0.717, 1.165) is 12.2 Å². The number of benzene rings is 2. The van der Waals surface area contributed by atoms with Crippen molar-refractivity contribution in [1.82, 2.24) is 14.8 Å². The number of rotatable bonds is 8. The van der Waals surface area contributed by atoms with Gasteiger partial charge in [0.05, 0.1) is 16.5 Å². The number of thioether (sulfide) groups is 1. The zero-order valence-corrected chi connectivity index (χ0v) is 18.4. The normalized spacial score (nSPS) is 17.5. The van der Waals surface area contributed by atoms with E-state index in [1.807, 2.05) is 16.7 Å². The highest BCUT2D eigenvalue weighted by Crippen LogP contribution is 2.54. The van der Waals surface area contributed by atoms with E-state index in [9.17, 15) is 4.79 Å². The standard InChI is InChI=1S/C22H20Cl2N4OS/c1-2-10-28-21(17-12-16(17)14-6-4-3-5-7-14)26-27-22(28)30-13-20(29)25-19-9-8-15(23)11-18(19)24/h2-9,11,16-17H,1,10,12-13H2,(H,25,29). The number of halogens is 2. The Bertz CT molecular complexity index is 1070. The molecule has 1 aromatic heterocycles. The molecule has 154 valence electrons. The van der Waals surface area contributed by atoms with Crippen molar-refractivity contribution in [2.45, 2.75) is 30.0 Å². The topological polar surface area (TPSA) is 59.8 Å². The molecule has 1 aliphatic carbocycles. The summed E-state index contributed by atoms with van der Waals surface area (Å²) in [6.45, 7) is 4.46. The minimum Gasteiger partial charge on any atom is -0.324 e. The molecule has 1 heterocycles. The maximum Gasteiger partial charge on any atom is 0.234 e. The molecule has 1 fully saturated rings. The highest BCUT2D eigenvalue weighted by molar-refractivity contribution is 7.99. The van der Waals surface area contributed by atoms with Crippen molar-refractivity contribution in [3.8, 4) is 0 Å². The SMILES string of the molecule is C=CCn1c(SCC(=O)Nc2ccc(Cl)cc2Cl)nnc1C1CC1c1ccccc1. The number of allylic oxidation sites excluding steroid dienone is 1. The van der Waals surface area contributed by atoms with Crippen LogP contribution in [0.1, 0.15) is 29.6 Å². The summed E-state index contributed by atoms with van der Waals surface area (Å²) >= 11 is 13.4. The van der Waals surface area contributed by atoms with E-state index in [-0.39, 0.29) is 11.7 Å². The van der Waals surface area contributed by atoms with Crippen LogP contribution in [0.4, 0.5) is 5.69 Å². The number of carbonyl (C=O) groups excluding carboxylic acids is 1. The Morgan fingerprint density at radius 2 is 2.00 bits per heavy atom. The minimum absolute atomic E-state index is 0.174. The lowest BCUT2D eigenvalue weighted by molar-refractivity contribution is -0.113. The second-order valence-corrected chi connectivity index (χ2v) is 8.85. The molecule has 2 aromatic carbocycles. The van der Waals surface area contributed by atoms with Gasteiger partial charge in [0, 0.05) is 17.5 Å². The number of aromatic nitrogens is 3. The maximum absolute atomic E-state index is 12.4. The van der Waals surface area contributed by atoms with Crippen LogP contribution >= 0.6 is 35.0 Å². The van der Waals surface area contributed by atoms with Crippen LogP contribution in [0.15, 0.2) is 66.3 Å². The number of amides is 1. The highest BCUT2D eigenvalue weighted by atomic mass is 35.5. The van der Waals surface area contributed by atoms with Crippen molar-refractivity contribution >= 4 is 46.6 Å². The van der Waals surface area contributed by atoms with Crippen LogP contribution in [0.25, 0.3) is 0 Å².